The number of benzene rings is 2. The predicted octanol–water partition coefficient (Wildman–Crippen LogP) is -0.0421. The first-order chi connectivity index (χ1) is 15.1. The minimum atomic E-state index is -0.233. The number of nitrogens with one attached hydrogen (secondary N) is 4. The smallest absolute Gasteiger partial charge is 0.275 e. The number of ether oxygens (including phenoxy) is 1. The van der Waals surface area contributed by atoms with Crippen LogP contribution in [0.1, 0.15) is 11.1 Å². The molecule has 2 heterocycles. The predicted molar refractivity (Wildman–Crippen MR) is 118 cm³/mol. The van der Waals surface area contributed by atoms with E-state index in [0.717, 1.165) is 56.0 Å². The summed E-state index contributed by atoms with van der Waals surface area (Å²) in [6.07, 6.45) is 2.84. The normalized spacial score (nSPS) is 18.8. The molecule has 0 unspecified atom stereocenters. The van der Waals surface area contributed by atoms with E-state index in [2.05, 4.69) is 22.4 Å². The van der Waals surface area contributed by atoms with Crippen molar-refractivity contribution in [2.24, 2.45) is 0 Å². The minimum Gasteiger partial charge on any atom is -0.496 e. The number of carbonyl (C=O) groups excluding carboxylic acids is 1. The van der Waals surface area contributed by atoms with Gasteiger partial charge in [-0.05, 0) is 36.2 Å². The molecule has 0 aliphatic carbocycles. The number of H-pyrrole nitrogens is 1. The number of methoxy groups -OCH3 is 1. The summed E-state index contributed by atoms with van der Waals surface area (Å²) >= 11 is 0. The maximum Gasteiger partial charge on any atom is 0.275 e. The second-order valence-electron chi connectivity index (χ2n) is 8.27. The number of quaternary nitrogens is 2. The van der Waals surface area contributed by atoms with E-state index in [9.17, 15) is 9.18 Å². The number of fused-ring (bicyclic) bond motifs is 1. The highest BCUT2D eigenvalue weighted by atomic mass is 19.1. The van der Waals surface area contributed by atoms with Crippen LogP contribution in [0.25, 0.3) is 10.9 Å². The van der Waals surface area contributed by atoms with Crippen molar-refractivity contribution in [3.8, 4) is 5.75 Å². The first-order valence-corrected chi connectivity index (χ1v) is 10.9. The van der Waals surface area contributed by atoms with Crippen molar-refractivity contribution in [2.45, 2.75) is 13.0 Å². The number of aromatic nitrogens is 1. The van der Waals surface area contributed by atoms with Gasteiger partial charge < -0.3 is 24.8 Å². The fraction of sp³-hybridized carbons (Fsp3) is 0.375. The molecule has 1 saturated heterocycles. The van der Waals surface area contributed by atoms with Gasteiger partial charge in [0, 0.05) is 23.6 Å². The monoisotopic (exact) mass is 426 g/mol. The SMILES string of the molecule is COc1ccc(F)cc1C[NH+]1CC[NH+](CC(=O)NCCc2c[nH]c3ccccc23)CC1. The molecule has 7 heteroatoms. The Hall–Kier alpha value is -2.90. The first-order valence-electron chi connectivity index (χ1n) is 10.9. The molecular formula is C24H31FN4O2+2. The number of hydrogen-bond donors (Lipinski definition) is 4. The van der Waals surface area contributed by atoms with Gasteiger partial charge in [0.15, 0.2) is 6.54 Å². The zero-order valence-electron chi connectivity index (χ0n) is 18.0. The van der Waals surface area contributed by atoms with Crippen LogP contribution in [0.3, 0.4) is 0 Å². The van der Waals surface area contributed by atoms with Crippen LogP contribution in [0.5, 0.6) is 5.75 Å². The fourth-order valence-corrected chi connectivity index (χ4v) is 4.43. The lowest BCUT2D eigenvalue weighted by molar-refractivity contribution is -1.02. The van der Waals surface area contributed by atoms with E-state index in [-0.39, 0.29) is 11.7 Å². The molecule has 31 heavy (non-hydrogen) atoms. The largest absolute Gasteiger partial charge is 0.496 e. The maximum atomic E-state index is 13.6. The van der Waals surface area contributed by atoms with E-state index in [4.69, 9.17) is 4.74 Å². The Morgan fingerprint density at radius 1 is 1.10 bits per heavy atom. The highest BCUT2D eigenvalue weighted by molar-refractivity contribution is 5.83. The zero-order valence-corrected chi connectivity index (χ0v) is 18.0. The number of aromatic amines is 1. The molecule has 4 N–H and O–H groups in total. The van der Waals surface area contributed by atoms with E-state index in [0.29, 0.717) is 13.1 Å². The number of hydrogen-bond acceptors (Lipinski definition) is 2. The molecule has 1 amide bonds. The molecule has 0 atom stereocenters. The second-order valence-corrected chi connectivity index (χ2v) is 8.27. The lowest BCUT2D eigenvalue weighted by Gasteiger charge is -2.29. The van der Waals surface area contributed by atoms with Gasteiger partial charge in [0.05, 0.1) is 12.7 Å². The molecule has 0 saturated carbocycles. The topological polar surface area (TPSA) is 63.0 Å². The van der Waals surface area contributed by atoms with E-state index < -0.39 is 0 Å². The van der Waals surface area contributed by atoms with Crippen LogP contribution in [0, 0.1) is 5.82 Å². The Morgan fingerprint density at radius 2 is 1.87 bits per heavy atom. The Labute approximate surface area is 182 Å². The van der Waals surface area contributed by atoms with Crippen LogP contribution in [0.15, 0.2) is 48.7 Å². The van der Waals surface area contributed by atoms with Crippen LogP contribution >= 0.6 is 0 Å². The first kappa shape index (κ1) is 21.3. The van der Waals surface area contributed by atoms with Gasteiger partial charge in [0.2, 0.25) is 0 Å². The van der Waals surface area contributed by atoms with Gasteiger partial charge in [-0.25, -0.2) is 4.39 Å². The Morgan fingerprint density at radius 3 is 2.68 bits per heavy atom. The van der Waals surface area contributed by atoms with Crippen molar-refractivity contribution >= 4 is 16.8 Å². The number of piperazine rings is 1. The summed E-state index contributed by atoms with van der Waals surface area (Å²) in [5, 5.41) is 4.29. The van der Waals surface area contributed by atoms with Crippen LogP contribution < -0.4 is 19.9 Å². The van der Waals surface area contributed by atoms with Gasteiger partial charge in [0.25, 0.3) is 5.91 Å². The van der Waals surface area contributed by atoms with Gasteiger partial charge in [-0.15, -0.1) is 0 Å². The molecule has 3 aromatic rings. The standard InChI is InChI=1S/C24H29FN4O2/c1-31-23-7-6-20(25)14-19(23)16-28-10-12-29(13-11-28)17-24(30)26-9-8-18-15-27-22-5-3-2-4-21(18)22/h2-7,14-15,27H,8-13,16-17H2,1H3,(H,26,30)/p+2. The molecular weight excluding hydrogens is 395 g/mol. The third-order valence-corrected chi connectivity index (χ3v) is 6.15. The van der Waals surface area contributed by atoms with Crippen molar-refractivity contribution < 1.29 is 23.7 Å². The van der Waals surface area contributed by atoms with Crippen LogP contribution in [-0.2, 0) is 17.8 Å². The average Bonchev–Trinajstić information content (AvgIpc) is 3.18. The minimum absolute atomic E-state index is 0.102. The van der Waals surface area contributed by atoms with Gasteiger partial charge in [0.1, 0.15) is 44.3 Å². The number of carbonyl (C=O) groups is 1. The lowest BCUT2D eigenvalue weighted by Crippen LogP contribution is -3.28. The van der Waals surface area contributed by atoms with Crippen LogP contribution in [-0.4, -0.2) is 57.3 Å². The van der Waals surface area contributed by atoms with Gasteiger partial charge >= 0.3 is 0 Å². The maximum absolute atomic E-state index is 13.6. The summed E-state index contributed by atoms with van der Waals surface area (Å²) in [5.41, 5.74) is 3.26. The van der Waals surface area contributed by atoms with E-state index >= 15 is 0 Å². The summed E-state index contributed by atoms with van der Waals surface area (Å²) in [4.78, 5) is 18.4. The van der Waals surface area contributed by atoms with Gasteiger partial charge in [-0.1, -0.05) is 18.2 Å². The highest BCUT2D eigenvalue weighted by Gasteiger charge is 2.25. The number of para-hydroxylation sites is 1. The van der Waals surface area contributed by atoms with Gasteiger partial charge in [-0.2, -0.15) is 0 Å². The van der Waals surface area contributed by atoms with Crippen molar-refractivity contribution in [1.82, 2.24) is 10.3 Å². The lowest BCUT2D eigenvalue weighted by atomic mass is 10.1. The van der Waals surface area contributed by atoms with Crippen molar-refractivity contribution in [1.29, 1.82) is 0 Å². The highest BCUT2D eigenvalue weighted by Crippen LogP contribution is 2.18. The fourth-order valence-electron chi connectivity index (χ4n) is 4.43. The summed E-state index contributed by atoms with van der Waals surface area (Å²) in [7, 11) is 1.62. The van der Waals surface area contributed by atoms with Crippen LogP contribution in [0.4, 0.5) is 4.39 Å². The molecule has 6 nitrogen and oxygen atoms in total. The number of halogens is 1. The van der Waals surface area contributed by atoms with E-state index in [1.165, 1.54) is 26.8 Å². The van der Waals surface area contributed by atoms with E-state index in [1.54, 1.807) is 19.2 Å². The molecule has 1 aliphatic rings. The molecule has 1 aliphatic heterocycles. The van der Waals surface area contributed by atoms with E-state index in [1.807, 2.05) is 18.3 Å². The average molecular weight is 427 g/mol. The molecule has 0 spiro atoms. The third-order valence-electron chi connectivity index (χ3n) is 6.15. The summed E-state index contributed by atoms with van der Waals surface area (Å²) < 4.78 is 19.0. The summed E-state index contributed by atoms with van der Waals surface area (Å²) in [6, 6.07) is 12.9. The van der Waals surface area contributed by atoms with Crippen molar-refractivity contribution in [3.05, 3.63) is 65.6 Å². The summed E-state index contributed by atoms with van der Waals surface area (Å²) in [6.45, 7) is 5.67. The van der Waals surface area contributed by atoms with Gasteiger partial charge in [-0.3, -0.25) is 4.79 Å². The molecule has 0 bridgehead atoms. The Bertz CT molecular complexity index is 1030. The Balaban J connectivity index is 1.19. The second kappa shape index (κ2) is 9.94. The molecule has 2 aromatic carbocycles. The molecule has 164 valence electrons. The molecule has 4 rings (SSSR count). The zero-order chi connectivity index (χ0) is 21.6. The van der Waals surface area contributed by atoms with Crippen LogP contribution in [0.2, 0.25) is 0 Å². The quantitative estimate of drug-likeness (QED) is 0.409. The summed E-state index contributed by atoms with van der Waals surface area (Å²) in [5.74, 6) is 0.604. The van der Waals surface area contributed by atoms with Crippen molar-refractivity contribution in [2.75, 3.05) is 46.4 Å². The Kier molecular flexibility index (Phi) is 6.84. The van der Waals surface area contributed by atoms with Crippen molar-refractivity contribution in [3.63, 3.8) is 0 Å². The molecule has 0 radical (unpaired) electrons. The molecule has 1 fully saturated rings. The number of amides is 1. The number of rotatable bonds is 8. The third kappa shape index (κ3) is 5.42. The molecule has 1 aromatic heterocycles.